The zero-order chi connectivity index (χ0) is 0. The van der Waals surface area contributed by atoms with E-state index in [0.717, 1.165) is 0 Å². The van der Waals surface area contributed by atoms with Gasteiger partial charge in [0.15, 0.2) is 0 Å². The van der Waals surface area contributed by atoms with Gasteiger partial charge in [-0.25, -0.2) is 0 Å². The van der Waals surface area contributed by atoms with Gasteiger partial charge < -0.3 is 16.4 Å². The molecule has 0 aromatic carbocycles. The maximum atomic E-state index is 0. The van der Waals surface area contributed by atoms with Crippen molar-refractivity contribution in [1.82, 2.24) is 0 Å². The first kappa shape index (κ1) is 114. The van der Waals surface area contributed by atoms with Crippen molar-refractivity contribution in [3.63, 3.8) is 0 Å². The van der Waals surface area contributed by atoms with Crippen LogP contribution in [0.5, 0.6) is 0 Å². The molecule has 0 atom stereocenters. The summed E-state index contributed by atoms with van der Waals surface area (Å²) < 4.78 is 0. The van der Waals surface area contributed by atoms with Crippen LogP contribution in [0.25, 0.3) is 0 Å². The third kappa shape index (κ3) is 36.4. The Balaban J connectivity index is 0. The van der Waals surface area contributed by atoms with Crippen LogP contribution in [0, 0.1) is 0 Å². The summed E-state index contributed by atoms with van der Waals surface area (Å²) in [5, 5.41) is 0. The third-order valence-corrected chi connectivity index (χ3v) is 0. The first-order chi connectivity index (χ1) is 0. The normalized spacial score (nSPS) is 0. The maximum absolute atomic E-state index is 0. The quantitative estimate of drug-likeness (QED) is 0.503. The Morgan fingerprint density at radius 2 is 0.600 bits per heavy atom. The molecule has 3 nitrogen and oxygen atoms in total. The first-order valence-electron chi connectivity index (χ1n) is 0. The van der Waals surface area contributed by atoms with Crippen LogP contribution in [0.3, 0.4) is 0 Å². The minimum Gasteiger partial charge on any atom is -0.870 e. The summed E-state index contributed by atoms with van der Waals surface area (Å²) in [6.07, 6.45) is 0. The van der Waals surface area contributed by atoms with Gasteiger partial charge in [0.05, 0.1) is 0 Å². The van der Waals surface area contributed by atoms with Gasteiger partial charge in [-0.2, -0.15) is 0 Å². The molecule has 34 valence electrons. The molecular formula is H3FeO3Sb. The molecule has 0 aliphatic heterocycles. The van der Waals surface area contributed by atoms with E-state index in [-0.39, 0.29) is 57.9 Å². The molecule has 0 spiro atoms. The predicted octanol–water partition coefficient (Wildman–Crippen LogP) is -0.914. The van der Waals surface area contributed by atoms with Crippen molar-refractivity contribution in [2.75, 3.05) is 0 Å². The third-order valence-electron chi connectivity index (χ3n) is 0. The topological polar surface area (TPSA) is 90.0 Å². The molecule has 5 heavy (non-hydrogen) atoms. The summed E-state index contributed by atoms with van der Waals surface area (Å²) in [7, 11) is 0. The van der Waals surface area contributed by atoms with Gasteiger partial charge in [0, 0.05) is 24.4 Å². The van der Waals surface area contributed by atoms with E-state index in [0.29, 0.717) is 0 Å². The molecule has 0 aromatic rings. The van der Waals surface area contributed by atoms with Crippen LogP contribution in [0.4, 0.5) is 0 Å². The van der Waals surface area contributed by atoms with E-state index in [2.05, 4.69) is 0 Å². The van der Waals surface area contributed by atoms with Gasteiger partial charge in [-0.1, -0.05) is 0 Å². The second kappa shape index (κ2) is 62.6. The molecule has 3 N–H and O–H groups in total. The molecule has 0 heterocycles. The zero-order valence-electron chi connectivity index (χ0n) is 2.14. The fourth-order valence-electron chi connectivity index (χ4n) is 0. The summed E-state index contributed by atoms with van der Waals surface area (Å²) >= 11 is 0. The van der Waals surface area contributed by atoms with Crippen LogP contribution in [0.1, 0.15) is 0 Å². The van der Waals surface area contributed by atoms with Crippen LogP contribution in [-0.2, 0) is 17.1 Å². The van der Waals surface area contributed by atoms with Crippen molar-refractivity contribution in [1.29, 1.82) is 0 Å². The average Bonchev–Trinajstić information content (AvgIpc) is 0. The standard InChI is InChI=1S/Fe.3H2O.Sb/h;3*1H2;/q+3;;;;/p-3. The zero-order valence-corrected chi connectivity index (χ0v) is 5.80. The Labute approximate surface area is 58.0 Å². The van der Waals surface area contributed by atoms with Crippen LogP contribution < -0.4 is 0 Å². The van der Waals surface area contributed by atoms with E-state index < -0.39 is 0 Å². The second-order valence-electron chi connectivity index (χ2n) is 0. The van der Waals surface area contributed by atoms with Gasteiger partial charge in [0.25, 0.3) is 0 Å². The van der Waals surface area contributed by atoms with Gasteiger partial charge in [-0.15, -0.1) is 0 Å². The van der Waals surface area contributed by atoms with Crippen molar-refractivity contribution >= 4 is 24.4 Å². The van der Waals surface area contributed by atoms with Crippen molar-refractivity contribution in [2.45, 2.75) is 0 Å². The fraction of sp³-hybridized carbons (Fsp3) is 0. The smallest absolute Gasteiger partial charge is 0.870 e. The Morgan fingerprint density at radius 1 is 0.600 bits per heavy atom. The van der Waals surface area contributed by atoms with Gasteiger partial charge in [-0.3, -0.25) is 0 Å². The van der Waals surface area contributed by atoms with E-state index in [1.54, 1.807) is 0 Å². The molecule has 0 unspecified atom stereocenters. The molecule has 4 radical (unpaired) electrons. The molecule has 0 aromatic heterocycles. The number of hydrogen-bond acceptors (Lipinski definition) is 3. The number of rotatable bonds is 0. The summed E-state index contributed by atoms with van der Waals surface area (Å²) in [5.74, 6) is 0. The van der Waals surface area contributed by atoms with Gasteiger partial charge in [-0.05, 0) is 0 Å². The summed E-state index contributed by atoms with van der Waals surface area (Å²) in [4.78, 5) is 0. The summed E-state index contributed by atoms with van der Waals surface area (Å²) in [6.45, 7) is 0. The minimum absolute atomic E-state index is 0. The Bertz CT molecular complexity index is 6.85. The monoisotopic (exact) mass is 228 g/mol. The molecule has 0 aliphatic carbocycles. The molecule has 0 aliphatic rings. The van der Waals surface area contributed by atoms with Gasteiger partial charge in [0.2, 0.25) is 0 Å². The fourth-order valence-corrected chi connectivity index (χ4v) is 0. The van der Waals surface area contributed by atoms with E-state index in [4.69, 9.17) is 0 Å². The van der Waals surface area contributed by atoms with Crippen molar-refractivity contribution < 1.29 is 33.5 Å². The molecule has 0 bridgehead atoms. The molecule has 5 heteroatoms. The van der Waals surface area contributed by atoms with Crippen LogP contribution in [0.2, 0.25) is 0 Å². The Morgan fingerprint density at radius 3 is 0.600 bits per heavy atom. The van der Waals surface area contributed by atoms with E-state index in [9.17, 15) is 0 Å². The van der Waals surface area contributed by atoms with Crippen LogP contribution in [0.15, 0.2) is 0 Å². The largest absolute Gasteiger partial charge is 3.00 e. The van der Waals surface area contributed by atoms with Crippen LogP contribution >= 0.6 is 0 Å². The SMILES string of the molecule is [Fe+3].[OH-].[OH-].[OH-].[Sb]. The Kier molecular flexibility index (Phi) is 1430. The molecule has 0 saturated carbocycles. The first-order valence-corrected chi connectivity index (χ1v) is 0. The maximum Gasteiger partial charge on any atom is 3.00 e. The van der Waals surface area contributed by atoms with Crippen LogP contribution in [-0.4, -0.2) is 40.9 Å². The average molecular weight is 229 g/mol. The molecule has 0 fully saturated rings. The molecule has 0 amide bonds. The van der Waals surface area contributed by atoms with Gasteiger partial charge in [0.1, 0.15) is 0 Å². The van der Waals surface area contributed by atoms with Crippen molar-refractivity contribution in [3.05, 3.63) is 0 Å². The van der Waals surface area contributed by atoms with E-state index in [1.165, 1.54) is 0 Å². The number of hydrogen-bond donors (Lipinski definition) is 0. The Hall–Kier alpha value is 1.22. The molecular weight excluding hydrogens is 226 g/mol. The van der Waals surface area contributed by atoms with E-state index >= 15 is 0 Å². The van der Waals surface area contributed by atoms with Crippen molar-refractivity contribution in [3.8, 4) is 0 Å². The summed E-state index contributed by atoms with van der Waals surface area (Å²) in [5.41, 5.74) is 0. The minimum atomic E-state index is 0. The van der Waals surface area contributed by atoms with Gasteiger partial charge >= 0.3 is 17.1 Å². The molecule has 0 saturated heterocycles. The van der Waals surface area contributed by atoms with E-state index in [1.807, 2.05) is 0 Å². The summed E-state index contributed by atoms with van der Waals surface area (Å²) in [6, 6.07) is 0. The van der Waals surface area contributed by atoms with Crippen molar-refractivity contribution in [2.24, 2.45) is 0 Å². The second-order valence-corrected chi connectivity index (χ2v) is 0. The predicted molar refractivity (Wildman–Crippen MR) is 11.6 cm³/mol. The molecule has 0 rings (SSSR count).